The summed E-state index contributed by atoms with van der Waals surface area (Å²) >= 11 is 6.33. The van der Waals surface area contributed by atoms with E-state index in [1.165, 1.54) is 17.0 Å². The Morgan fingerprint density at radius 1 is 1.40 bits per heavy atom. The van der Waals surface area contributed by atoms with Crippen molar-refractivity contribution in [3.05, 3.63) is 44.8 Å². The van der Waals surface area contributed by atoms with Gasteiger partial charge in [0.2, 0.25) is 0 Å². The van der Waals surface area contributed by atoms with E-state index in [1.54, 1.807) is 18.2 Å². The Bertz CT molecular complexity index is 731. The van der Waals surface area contributed by atoms with E-state index in [4.69, 9.17) is 17.0 Å². The summed E-state index contributed by atoms with van der Waals surface area (Å²) in [4.78, 5) is 35.9. The molecule has 132 valence electrons. The van der Waals surface area contributed by atoms with E-state index >= 15 is 0 Å². The molecule has 0 spiro atoms. The van der Waals surface area contributed by atoms with Gasteiger partial charge in [-0.25, -0.2) is 0 Å². The first kappa shape index (κ1) is 19.1. The van der Waals surface area contributed by atoms with Gasteiger partial charge in [-0.2, -0.15) is 0 Å². The van der Waals surface area contributed by atoms with Crippen molar-refractivity contribution < 1.29 is 19.2 Å². The number of nitrogens with zero attached hydrogens (tertiary/aromatic N) is 2. The van der Waals surface area contributed by atoms with Crippen LogP contribution in [0.4, 0.5) is 5.69 Å². The fourth-order valence-corrected chi connectivity index (χ4v) is 3.34. The Morgan fingerprint density at radius 2 is 2.08 bits per heavy atom. The summed E-state index contributed by atoms with van der Waals surface area (Å²) in [7, 11) is 0. The quantitative estimate of drug-likeness (QED) is 0.236. The van der Waals surface area contributed by atoms with Crippen LogP contribution in [0.15, 0.2) is 29.2 Å². The van der Waals surface area contributed by atoms with Crippen LogP contribution in [0.3, 0.4) is 0 Å². The molecule has 1 aromatic rings. The highest BCUT2D eigenvalue weighted by Crippen LogP contribution is 2.32. The summed E-state index contributed by atoms with van der Waals surface area (Å²) in [5.74, 6) is -0.646. The van der Waals surface area contributed by atoms with Gasteiger partial charge in [0.05, 0.1) is 22.9 Å². The summed E-state index contributed by atoms with van der Waals surface area (Å²) in [5, 5.41) is 10.7. The van der Waals surface area contributed by atoms with Crippen LogP contribution in [-0.2, 0) is 14.3 Å². The first-order valence-corrected chi connectivity index (χ1v) is 8.80. The molecule has 1 fully saturated rings. The van der Waals surface area contributed by atoms with Crippen LogP contribution < -0.4 is 0 Å². The van der Waals surface area contributed by atoms with Gasteiger partial charge < -0.3 is 4.74 Å². The van der Waals surface area contributed by atoms with Crippen molar-refractivity contribution in [1.29, 1.82) is 0 Å². The van der Waals surface area contributed by atoms with Gasteiger partial charge in [0, 0.05) is 18.7 Å². The van der Waals surface area contributed by atoms with Crippen LogP contribution in [0, 0.1) is 10.1 Å². The number of ether oxygens (including phenoxy) is 1. The van der Waals surface area contributed by atoms with Gasteiger partial charge in [-0.05, 0) is 30.2 Å². The van der Waals surface area contributed by atoms with Crippen LogP contribution in [0.2, 0.25) is 0 Å². The van der Waals surface area contributed by atoms with Gasteiger partial charge in [0.15, 0.2) is 0 Å². The number of esters is 1. The first-order chi connectivity index (χ1) is 11.9. The molecule has 9 heteroatoms. The molecule has 0 bridgehead atoms. The van der Waals surface area contributed by atoms with Crippen molar-refractivity contribution in [2.24, 2.45) is 0 Å². The van der Waals surface area contributed by atoms with Gasteiger partial charge >= 0.3 is 5.97 Å². The third-order valence-electron chi connectivity index (χ3n) is 3.28. The summed E-state index contributed by atoms with van der Waals surface area (Å²) in [6.45, 7) is 2.43. The Labute approximate surface area is 154 Å². The molecule has 25 heavy (non-hydrogen) atoms. The fourth-order valence-electron chi connectivity index (χ4n) is 2.03. The number of nitro groups is 1. The van der Waals surface area contributed by atoms with E-state index in [0.29, 0.717) is 21.4 Å². The van der Waals surface area contributed by atoms with E-state index in [2.05, 4.69) is 0 Å². The van der Waals surface area contributed by atoms with E-state index in [9.17, 15) is 19.7 Å². The van der Waals surface area contributed by atoms with Crippen LogP contribution >= 0.6 is 24.0 Å². The number of amides is 1. The van der Waals surface area contributed by atoms with Gasteiger partial charge in [-0.3, -0.25) is 24.6 Å². The number of rotatable bonds is 7. The lowest BCUT2D eigenvalue weighted by Crippen LogP contribution is -2.30. The van der Waals surface area contributed by atoms with Gasteiger partial charge in [-0.1, -0.05) is 30.9 Å². The number of carbonyl (C=O) groups excluding carboxylic acids is 2. The second-order valence-electron chi connectivity index (χ2n) is 5.15. The third kappa shape index (κ3) is 5.10. The highest BCUT2D eigenvalue weighted by Gasteiger charge is 2.32. The molecule has 0 aromatic heterocycles. The van der Waals surface area contributed by atoms with Crippen molar-refractivity contribution in [2.45, 2.75) is 19.8 Å². The normalized spacial score (nSPS) is 15.7. The average molecular weight is 380 g/mol. The van der Waals surface area contributed by atoms with Gasteiger partial charge in [-0.15, -0.1) is 0 Å². The molecular formula is C16H16N2O5S2. The summed E-state index contributed by atoms with van der Waals surface area (Å²) < 4.78 is 5.35. The minimum Gasteiger partial charge on any atom is -0.466 e. The van der Waals surface area contributed by atoms with Crippen LogP contribution in [0.25, 0.3) is 6.08 Å². The molecule has 1 aliphatic rings. The Kier molecular flexibility index (Phi) is 6.65. The van der Waals surface area contributed by atoms with Crippen molar-refractivity contribution in [3.8, 4) is 0 Å². The molecule has 1 saturated heterocycles. The van der Waals surface area contributed by atoms with Crippen molar-refractivity contribution in [3.63, 3.8) is 0 Å². The molecule has 0 atom stereocenters. The molecule has 0 unspecified atom stereocenters. The smallest absolute Gasteiger partial charge is 0.307 e. The topological polar surface area (TPSA) is 89.8 Å². The number of carbonyl (C=O) groups is 2. The second-order valence-corrected chi connectivity index (χ2v) is 6.83. The largest absolute Gasteiger partial charge is 0.466 e. The highest BCUT2D eigenvalue weighted by atomic mass is 32.2. The lowest BCUT2D eigenvalue weighted by Gasteiger charge is -2.13. The molecule has 0 aliphatic carbocycles. The Hall–Kier alpha value is -2.26. The summed E-state index contributed by atoms with van der Waals surface area (Å²) in [6, 6.07) is 5.87. The maximum atomic E-state index is 12.4. The van der Waals surface area contributed by atoms with Crippen molar-refractivity contribution >= 4 is 51.9 Å². The van der Waals surface area contributed by atoms with Crippen LogP contribution in [0.1, 0.15) is 25.3 Å². The summed E-state index contributed by atoms with van der Waals surface area (Å²) in [5.41, 5.74) is 0.642. The molecule has 0 saturated carbocycles. The third-order valence-corrected chi connectivity index (χ3v) is 4.66. The molecule has 0 N–H and O–H groups in total. The van der Waals surface area contributed by atoms with Crippen LogP contribution in [-0.4, -0.2) is 39.2 Å². The number of hydrogen-bond donors (Lipinski definition) is 0. The number of thiocarbonyl (C=S) groups is 1. The molecule has 1 heterocycles. The Morgan fingerprint density at radius 3 is 2.68 bits per heavy atom. The maximum absolute atomic E-state index is 12.4. The molecule has 1 aromatic carbocycles. The minimum absolute atomic E-state index is 0.0182. The number of non-ortho nitro benzene ring substituents is 1. The fraction of sp³-hybridized carbons (Fsp3) is 0.312. The van der Waals surface area contributed by atoms with E-state index in [1.807, 2.05) is 6.92 Å². The zero-order chi connectivity index (χ0) is 18.4. The van der Waals surface area contributed by atoms with Gasteiger partial charge in [0.1, 0.15) is 4.32 Å². The van der Waals surface area contributed by atoms with Crippen molar-refractivity contribution in [2.75, 3.05) is 13.2 Å². The average Bonchev–Trinajstić information content (AvgIpc) is 2.85. The van der Waals surface area contributed by atoms with E-state index < -0.39 is 4.92 Å². The predicted molar refractivity (Wildman–Crippen MR) is 98.8 cm³/mol. The van der Waals surface area contributed by atoms with Crippen LogP contribution in [0.5, 0.6) is 0 Å². The lowest BCUT2D eigenvalue weighted by molar-refractivity contribution is -0.384. The Balaban J connectivity index is 2.02. The molecule has 1 amide bonds. The molecule has 7 nitrogen and oxygen atoms in total. The first-order valence-electron chi connectivity index (χ1n) is 7.57. The monoisotopic (exact) mass is 380 g/mol. The van der Waals surface area contributed by atoms with E-state index in [-0.39, 0.29) is 30.5 Å². The van der Waals surface area contributed by atoms with E-state index in [0.717, 1.165) is 18.2 Å². The van der Waals surface area contributed by atoms with Gasteiger partial charge in [0.25, 0.3) is 11.6 Å². The molecule has 0 radical (unpaired) electrons. The standard InChI is InChI=1S/C16H16N2O5S2/c1-2-9-23-14(19)7-8-17-15(20)13(25-16(17)24)10-11-3-5-12(6-4-11)18(21)22/h3-6,10H,2,7-9H2,1H3/b13-10-. The zero-order valence-corrected chi connectivity index (χ0v) is 15.1. The number of benzene rings is 1. The maximum Gasteiger partial charge on any atom is 0.307 e. The SMILES string of the molecule is CCCOC(=O)CCN1C(=O)/C(=C/c2ccc([N+](=O)[O-])cc2)SC1=S. The lowest BCUT2D eigenvalue weighted by atomic mass is 10.2. The molecule has 2 rings (SSSR count). The molecule has 1 aliphatic heterocycles. The number of hydrogen-bond acceptors (Lipinski definition) is 7. The number of nitro benzene ring substituents is 1. The zero-order valence-electron chi connectivity index (χ0n) is 13.5. The second kappa shape index (κ2) is 8.72. The van der Waals surface area contributed by atoms with Crippen molar-refractivity contribution in [1.82, 2.24) is 4.90 Å². The highest BCUT2D eigenvalue weighted by molar-refractivity contribution is 8.26. The minimum atomic E-state index is -0.485. The number of thioether (sulfide) groups is 1. The summed E-state index contributed by atoms with van der Waals surface area (Å²) in [6.07, 6.45) is 2.44. The molecular weight excluding hydrogens is 364 g/mol. The predicted octanol–water partition coefficient (Wildman–Crippen LogP) is 3.14.